The van der Waals surface area contributed by atoms with Crippen LogP contribution in [0.4, 0.5) is 5.00 Å². The number of fused-ring (bicyclic) bond motifs is 1. The van der Waals surface area contributed by atoms with E-state index in [1.807, 2.05) is 11.5 Å². The van der Waals surface area contributed by atoms with Crippen molar-refractivity contribution >= 4 is 63.1 Å². The molecule has 1 aromatic carbocycles. The van der Waals surface area contributed by atoms with Crippen molar-refractivity contribution in [1.29, 1.82) is 0 Å². The van der Waals surface area contributed by atoms with Crippen molar-refractivity contribution in [2.24, 2.45) is 11.7 Å². The number of carbonyl (C=O) groups excluding carboxylic acids is 2. The number of hydrogen-bond donors (Lipinski definition) is 2. The number of rotatable bonds is 9. The number of anilines is 1. The van der Waals surface area contributed by atoms with E-state index in [0.717, 1.165) is 29.7 Å². The molecular weight excluding hydrogens is 529 g/mol. The number of thioether (sulfide) groups is 1. The summed E-state index contributed by atoms with van der Waals surface area (Å²) in [7, 11) is 0. The fourth-order valence-corrected chi connectivity index (χ4v) is 6.69. The number of aromatic nitrogens is 3. The summed E-state index contributed by atoms with van der Waals surface area (Å²) in [5, 5.41) is 13.4. The average Bonchev–Trinajstić information content (AvgIpc) is 3.36. The SMILES string of the molecule is CCn1c(COc2ccc(Cl)cc2Cl)nnc1SCC(=O)Nc1sc2c(c1C(N)=O)CCC(C)C2. The van der Waals surface area contributed by atoms with E-state index in [9.17, 15) is 9.59 Å². The zero-order valence-electron chi connectivity index (χ0n) is 19.3. The third kappa shape index (κ3) is 5.94. The van der Waals surface area contributed by atoms with Crippen LogP contribution < -0.4 is 15.8 Å². The Morgan fingerprint density at radius 2 is 2.14 bits per heavy atom. The molecule has 0 saturated carbocycles. The number of hydrogen-bond acceptors (Lipinski definition) is 7. The van der Waals surface area contributed by atoms with Crippen LogP contribution in [0.3, 0.4) is 0 Å². The summed E-state index contributed by atoms with van der Waals surface area (Å²) in [5.41, 5.74) is 7.09. The van der Waals surface area contributed by atoms with Crippen LogP contribution >= 0.6 is 46.3 Å². The molecule has 1 aliphatic rings. The maximum atomic E-state index is 12.7. The molecule has 2 aromatic heterocycles. The van der Waals surface area contributed by atoms with Crippen molar-refractivity contribution in [2.75, 3.05) is 11.1 Å². The third-order valence-corrected chi connectivity index (χ3v) is 8.37. The van der Waals surface area contributed by atoms with Crippen LogP contribution in [-0.4, -0.2) is 32.3 Å². The molecular formula is C23H25Cl2N5O3S2. The van der Waals surface area contributed by atoms with E-state index in [2.05, 4.69) is 22.4 Å². The predicted molar refractivity (Wildman–Crippen MR) is 140 cm³/mol. The molecule has 2 heterocycles. The largest absolute Gasteiger partial charge is 0.484 e. The van der Waals surface area contributed by atoms with E-state index in [-0.39, 0.29) is 18.3 Å². The zero-order chi connectivity index (χ0) is 25.1. The lowest BCUT2D eigenvalue weighted by molar-refractivity contribution is -0.113. The van der Waals surface area contributed by atoms with Gasteiger partial charge in [0.2, 0.25) is 5.91 Å². The lowest BCUT2D eigenvalue weighted by Crippen LogP contribution is -2.20. The van der Waals surface area contributed by atoms with Crippen LogP contribution in [-0.2, 0) is 30.8 Å². The third-order valence-electron chi connectivity index (χ3n) is 5.70. The highest BCUT2D eigenvalue weighted by atomic mass is 35.5. The fraction of sp³-hybridized carbons (Fsp3) is 0.391. The van der Waals surface area contributed by atoms with Crippen LogP contribution in [0.15, 0.2) is 23.4 Å². The Labute approximate surface area is 221 Å². The summed E-state index contributed by atoms with van der Waals surface area (Å²) in [4.78, 5) is 26.0. The Morgan fingerprint density at radius 3 is 2.86 bits per heavy atom. The van der Waals surface area contributed by atoms with Gasteiger partial charge in [0.1, 0.15) is 17.4 Å². The standard InChI is InChI=1S/C23H25Cl2N5O3S2/c1-3-30-18(10-33-16-7-5-13(24)9-15(16)25)28-29-23(30)34-11-19(31)27-22-20(21(26)32)14-6-4-12(2)8-17(14)35-22/h5,7,9,12H,3-4,6,8,10-11H2,1-2H3,(H2,26,32)(H,27,31). The van der Waals surface area contributed by atoms with E-state index < -0.39 is 5.91 Å². The molecule has 3 aromatic rings. The molecule has 0 spiro atoms. The molecule has 35 heavy (non-hydrogen) atoms. The number of primary amides is 1. The Bertz CT molecular complexity index is 1260. The average molecular weight is 555 g/mol. The van der Waals surface area contributed by atoms with Gasteiger partial charge in [-0.05, 0) is 55.9 Å². The molecule has 0 saturated heterocycles. The summed E-state index contributed by atoms with van der Waals surface area (Å²) in [6.07, 6.45) is 2.72. The topological polar surface area (TPSA) is 112 Å². The highest BCUT2D eigenvalue weighted by Crippen LogP contribution is 2.39. The Morgan fingerprint density at radius 1 is 1.34 bits per heavy atom. The molecule has 0 radical (unpaired) electrons. The number of benzene rings is 1. The summed E-state index contributed by atoms with van der Waals surface area (Å²) >= 11 is 14.8. The second kappa shape index (κ2) is 11.2. The van der Waals surface area contributed by atoms with Gasteiger partial charge in [0.15, 0.2) is 11.0 Å². The Hall–Kier alpha value is -2.27. The second-order valence-electron chi connectivity index (χ2n) is 8.26. The van der Waals surface area contributed by atoms with Crippen molar-refractivity contribution in [3.05, 3.63) is 50.1 Å². The first kappa shape index (κ1) is 25.8. The fourth-order valence-electron chi connectivity index (χ4n) is 3.98. The van der Waals surface area contributed by atoms with Gasteiger partial charge in [0.05, 0.1) is 16.3 Å². The first-order valence-electron chi connectivity index (χ1n) is 11.1. The number of ether oxygens (including phenoxy) is 1. The summed E-state index contributed by atoms with van der Waals surface area (Å²) in [5.74, 6) is 1.03. The molecule has 1 unspecified atom stereocenters. The van der Waals surface area contributed by atoms with Crippen LogP contribution in [0.5, 0.6) is 5.75 Å². The Kier molecular flexibility index (Phi) is 8.26. The van der Waals surface area contributed by atoms with Gasteiger partial charge in [-0.3, -0.25) is 9.59 Å². The second-order valence-corrected chi connectivity index (χ2v) is 11.2. The number of halogens is 2. The number of carbonyl (C=O) groups is 2. The number of nitrogens with zero attached hydrogens (tertiary/aromatic N) is 3. The van der Waals surface area contributed by atoms with Gasteiger partial charge >= 0.3 is 0 Å². The summed E-state index contributed by atoms with van der Waals surface area (Å²) in [6.45, 7) is 4.92. The van der Waals surface area contributed by atoms with E-state index in [1.165, 1.54) is 23.1 Å². The number of amides is 2. The molecule has 8 nitrogen and oxygen atoms in total. The van der Waals surface area contributed by atoms with Crippen molar-refractivity contribution < 1.29 is 14.3 Å². The van der Waals surface area contributed by atoms with Crippen molar-refractivity contribution in [1.82, 2.24) is 14.8 Å². The minimum absolute atomic E-state index is 0.110. The molecule has 3 N–H and O–H groups in total. The molecule has 2 amide bonds. The van der Waals surface area contributed by atoms with E-state index >= 15 is 0 Å². The van der Waals surface area contributed by atoms with Gasteiger partial charge in [-0.2, -0.15) is 0 Å². The first-order valence-corrected chi connectivity index (χ1v) is 13.7. The molecule has 4 rings (SSSR count). The first-order chi connectivity index (χ1) is 16.8. The number of nitrogens with two attached hydrogens (primary N) is 1. The highest BCUT2D eigenvalue weighted by molar-refractivity contribution is 7.99. The quantitative estimate of drug-likeness (QED) is 0.352. The molecule has 0 bridgehead atoms. The maximum absolute atomic E-state index is 12.7. The maximum Gasteiger partial charge on any atom is 0.251 e. The van der Waals surface area contributed by atoms with E-state index in [4.69, 9.17) is 33.7 Å². The number of nitrogens with one attached hydrogen (secondary N) is 1. The van der Waals surface area contributed by atoms with Gasteiger partial charge < -0.3 is 20.4 Å². The number of thiophene rings is 1. The van der Waals surface area contributed by atoms with Crippen molar-refractivity contribution in [2.45, 2.75) is 51.4 Å². The van der Waals surface area contributed by atoms with Gasteiger partial charge in [0, 0.05) is 16.4 Å². The van der Waals surface area contributed by atoms with Crippen LogP contribution in [0.2, 0.25) is 10.0 Å². The van der Waals surface area contributed by atoms with Crippen LogP contribution in [0.25, 0.3) is 0 Å². The summed E-state index contributed by atoms with van der Waals surface area (Å²) in [6, 6.07) is 5.00. The highest BCUT2D eigenvalue weighted by Gasteiger charge is 2.27. The van der Waals surface area contributed by atoms with Crippen LogP contribution in [0, 0.1) is 5.92 Å². The van der Waals surface area contributed by atoms with Gasteiger partial charge in [-0.25, -0.2) is 0 Å². The molecule has 186 valence electrons. The predicted octanol–water partition coefficient (Wildman–Crippen LogP) is 5.20. The van der Waals surface area contributed by atoms with Gasteiger partial charge in [-0.15, -0.1) is 21.5 Å². The molecule has 12 heteroatoms. The lowest BCUT2D eigenvalue weighted by Gasteiger charge is -2.18. The van der Waals surface area contributed by atoms with E-state index in [0.29, 0.717) is 49.8 Å². The normalized spacial score (nSPS) is 15.0. The van der Waals surface area contributed by atoms with Crippen molar-refractivity contribution in [3.63, 3.8) is 0 Å². The van der Waals surface area contributed by atoms with Gasteiger partial charge in [0.25, 0.3) is 5.91 Å². The van der Waals surface area contributed by atoms with Crippen LogP contribution in [0.1, 0.15) is 46.9 Å². The van der Waals surface area contributed by atoms with Crippen molar-refractivity contribution in [3.8, 4) is 5.75 Å². The molecule has 0 aliphatic heterocycles. The summed E-state index contributed by atoms with van der Waals surface area (Å²) < 4.78 is 7.65. The monoisotopic (exact) mass is 553 g/mol. The minimum Gasteiger partial charge on any atom is -0.484 e. The lowest BCUT2D eigenvalue weighted by atomic mass is 9.88. The molecule has 0 fully saturated rings. The molecule has 1 aliphatic carbocycles. The van der Waals surface area contributed by atoms with E-state index in [1.54, 1.807) is 18.2 Å². The minimum atomic E-state index is -0.504. The molecule has 1 atom stereocenters. The zero-order valence-corrected chi connectivity index (χ0v) is 22.4. The Balaban J connectivity index is 1.40. The van der Waals surface area contributed by atoms with Gasteiger partial charge in [-0.1, -0.05) is 41.9 Å². The smallest absolute Gasteiger partial charge is 0.251 e.